The van der Waals surface area contributed by atoms with E-state index in [-0.39, 0.29) is 11.2 Å². The second-order valence-corrected chi connectivity index (χ2v) is 8.31. The molecule has 2 aromatic rings. The summed E-state index contributed by atoms with van der Waals surface area (Å²) in [5.74, 6) is 1.39. The molecule has 0 N–H and O–H groups in total. The maximum absolute atomic E-state index is 13.4. The van der Waals surface area contributed by atoms with Crippen molar-refractivity contribution in [2.24, 2.45) is 23.2 Å². The normalized spacial score (nSPS) is 30.2. The number of rotatable bonds is 3. The lowest BCUT2D eigenvalue weighted by molar-refractivity contribution is 0.242. The minimum absolute atomic E-state index is 0.240. The Hall–Kier alpha value is -2.47. The Morgan fingerprint density at radius 1 is 1.19 bits per heavy atom. The highest BCUT2D eigenvalue weighted by atomic mass is 19.1. The Morgan fingerprint density at radius 2 is 2.04 bits per heavy atom. The summed E-state index contributed by atoms with van der Waals surface area (Å²) in [7, 11) is 0. The molecule has 2 nitrogen and oxygen atoms in total. The predicted octanol–water partition coefficient (Wildman–Crippen LogP) is 6.26. The molecule has 0 saturated heterocycles. The minimum atomic E-state index is -0.266. The summed E-state index contributed by atoms with van der Waals surface area (Å²) in [4.78, 5) is 4.53. The smallest absolute Gasteiger partial charge is 0.123 e. The summed E-state index contributed by atoms with van der Waals surface area (Å²) in [5, 5.41) is 9.79. The molecule has 2 aliphatic rings. The quantitative estimate of drug-likeness (QED) is 0.648. The van der Waals surface area contributed by atoms with Crippen LogP contribution in [0.4, 0.5) is 4.39 Å². The van der Waals surface area contributed by atoms with Crippen LogP contribution < -0.4 is 0 Å². The van der Waals surface area contributed by atoms with Gasteiger partial charge < -0.3 is 0 Å². The maximum atomic E-state index is 13.4. The molecule has 2 fully saturated rings. The van der Waals surface area contributed by atoms with E-state index < -0.39 is 0 Å². The standard InChI is InChI=1S/C24H25FN2/c1-24(16-26)14-18-5-2-3-8-22(18)23(24)12-11-21-10-9-19(15-27-21)17-6-4-7-20(25)13-17/h4,6-7,9-13,15,18,22-23H,2-3,5,8,14H2,1H3/b12-11+/t18-,22-,23+,24-/m1/s1. The molecule has 1 aromatic carbocycles. The van der Waals surface area contributed by atoms with E-state index >= 15 is 0 Å². The molecular weight excluding hydrogens is 335 g/mol. The van der Waals surface area contributed by atoms with E-state index in [1.165, 1.54) is 37.8 Å². The number of nitrogens with zero attached hydrogens (tertiary/aromatic N) is 2. The summed E-state index contributed by atoms with van der Waals surface area (Å²) < 4.78 is 13.4. The summed E-state index contributed by atoms with van der Waals surface area (Å²) in [6.45, 7) is 2.13. The van der Waals surface area contributed by atoms with Crippen molar-refractivity contribution < 1.29 is 4.39 Å². The van der Waals surface area contributed by atoms with Crippen LogP contribution in [0.1, 0.15) is 44.7 Å². The Kier molecular flexibility index (Phi) is 4.83. The van der Waals surface area contributed by atoms with Gasteiger partial charge in [-0.05, 0) is 67.4 Å². The zero-order chi connectivity index (χ0) is 18.9. The van der Waals surface area contributed by atoms with Gasteiger partial charge in [0.15, 0.2) is 0 Å². The van der Waals surface area contributed by atoms with E-state index in [1.807, 2.05) is 18.2 Å². The molecule has 0 unspecified atom stereocenters. The third-order valence-electron chi connectivity index (χ3n) is 6.53. The number of benzene rings is 1. The van der Waals surface area contributed by atoms with E-state index in [0.29, 0.717) is 17.8 Å². The van der Waals surface area contributed by atoms with Crippen molar-refractivity contribution in [2.45, 2.75) is 39.0 Å². The van der Waals surface area contributed by atoms with Crippen LogP contribution in [0.15, 0.2) is 48.7 Å². The molecule has 0 aliphatic heterocycles. The van der Waals surface area contributed by atoms with Crippen LogP contribution in [0.2, 0.25) is 0 Å². The molecule has 0 spiro atoms. The second-order valence-electron chi connectivity index (χ2n) is 8.31. The first kappa shape index (κ1) is 17.9. The lowest BCUT2D eigenvalue weighted by Gasteiger charge is -2.29. The lowest BCUT2D eigenvalue weighted by Crippen LogP contribution is -2.23. The zero-order valence-electron chi connectivity index (χ0n) is 15.7. The molecule has 138 valence electrons. The summed E-state index contributed by atoms with van der Waals surface area (Å²) in [6.07, 6.45) is 12.2. The van der Waals surface area contributed by atoms with E-state index in [4.69, 9.17) is 0 Å². The van der Waals surface area contributed by atoms with Crippen molar-refractivity contribution in [3.05, 3.63) is 60.2 Å². The Balaban J connectivity index is 1.54. The first-order valence-corrected chi connectivity index (χ1v) is 9.90. The second kappa shape index (κ2) is 7.27. The van der Waals surface area contributed by atoms with Gasteiger partial charge in [-0.15, -0.1) is 0 Å². The monoisotopic (exact) mass is 360 g/mol. The van der Waals surface area contributed by atoms with Crippen molar-refractivity contribution in [3.8, 4) is 17.2 Å². The molecule has 3 heteroatoms. The molecule has 4 rings (SSSR count). The van der Waals surface area contributed by atoms with Gasteiger partial charge in [0.25, 0.3) is 0 Å². The van der Waals surface area contributed by atoms with Crippen LogP contribution in [0, 0.1) is 40.3 Å². The maximum Gasteiger partial charge on any atom is 0.123 e. The van der Waals surface area contributed by atoms with Crippen molar-refractivity contribution in [2.75, 3.05) is 0 Å². The largest absolute Gasteiger partial charge is 0.256 e. The van der Waals surface area contributed by atoms with Gasteiger partial charge in [-0.2, -0.15) is 5.26 Å². The average Bonchev–Trinajstić information content (AvgIpc) is 2.99. The highest BCUT2D eigenvalue weighted by molar-refractivity contribution is 5.63. The van der Waals surface area contributed by atoms with Gasteiger partial charge >= 0.3 is 0 Å². The third-order valence-corrected chi connectivity index (χ3v) is 6.53. The zero-order valence-corrected chi connectivity index (χ0v) is 15.7. The number of hydrogen-bond donors (Lipinski definition) is 0. The van der Waals surface area contributed by atoms with Crippen LogP contribution >= 0.6 is 0 Å². The van der Waals surface area contributed by atoms with E-state index in [0.717, 1.165) is 23.2 Å². The highest BCUT2D eigenvalue weighted by Crippen LogP contribution is 2.55. The van der Waals surface area contributed by atoms with Gasteiger partial charge in [0.05, 0.1) is 17.2 Å². The summed E-state index contributed by atoms with van der Waals surface area (Å²) in [6, 6.07) is 13.1. The minimum Gasteiger partial charge on any atom is -0.256 e. The van der Waals surface area contributed by atoms with Crippen LogP contribution in [0.3, 0.4) is 0 Å². The van der Waals surface area contributed by atoms with Gasteiger partial charge in [-0.25, -0.2) is 4.39 Å². The SMILES string of the molecule is C[C@]1(C#N)C[C@H]2CCCC[C@H]2[C@@H]1/C=C/c1ccc(-c2cccc(F)c2)cn1. The molecular formula is C24H25FN2. The number of pyridine rings is 1. The molecule has 2 aliphatic carbocycles. The van der Waals surface area contributed by atoms with Gasteiger partial charge in [0.2, 0.25) is 0 Å². The average molecular weight is 360 g/mol. The molecule has 0 amide bonds. The van der Waals surface area contributed by atoms with Crippen molar-refractivity contribution in [3.63, 3.8) is 0 Å². The number of hydrogen-bond acceptors (Lipinski definition) is 2. The fraction of sp³-hybridized carbons (Fsp3) is 0.417. The van der Waals surface area contributed by atoms with E-state index in [1.54, 1.807) is 12.3 Å². The van der Waals surface area contributed by atoms with Gasteiger partial charge in [-0.1, -0.05) is 43.5 Å². The fourth-order valence-corrected chi connectivity index (χ4v) is 5.14. The Bertz CT molecular complexity index is 880. The van der Waals surface area contributed by atoms with Crippen LogP contribution in [-0.4, -0.2) is 4.98 Å². The topological polar surface area (TPSA) is 36.7 Å². The fourth-order valence-electron chi connectivity index (χ4n) is 5.14. The van der Waals surface area contributed by atoms with Gasteiger partial charge in [-0.3, -0.25) is 4.98 Å². The summed E-state index contributed by atoms with van der Waals surface area (Å²) >= 11 is 0. The number of fused-ring (bicyclic) bond motifs is 1. The molecule has 0 bridgehead atoms. The number of allylic oxidation sites excluding steroid dienone is 1. The third kappa shape index (κ3) is 3.54. The first-order valence-electron chi connectivity index (χ1n) is 9.90. The number of nitriles is 1. The summed E-state index contributed by atoms with van der Waals surface area (Å²) in [5.41, 5.74) is 2.35. The van der Waals surface area contributed by atoms with Gasteiger partial charge in [0.1, 0.15) is 5.82 Å². The molecule has 1 heterocycles. The Morgan fingerprint density at radius 3 is 2.78 bits per heavy atom. The highest BCUT2D eigenvalue weighted by Gasteiger charge is 2.50. The van der Waals surface area contributed by atoms with Crippen LogP contribution in [-0.2, 0) is 0 Å². The van der Waals surface area contributed by atoms with E-state index in [2.05, 4.69) is 30.1 Å². The predicted molar refractivity (Wildman–Crippen MR) is 106 cm³/mol. The molecule has 27 heavy (non-hydrogen) atoms. The van der Waals surface area contributed by atoms with Crippen molar-refractivity contribution in [1.82, 2.24) is 4.98 Å². The van der Waals surface area contributed by atoms with Crippen molar-refractivity contribution in [1.29, 1.82) is 5.26 Å². The van der Waals surface area contributed by atoms with Crippen LogP contribution in [0.5, 0.6) is 0 Å². The lowest BCUT2D eigenvalue weighted by atomic mass is 9.74. The number of halogens is 1. The molecule has 1 aromatic heterocycles. The Labute approximate surface area is 160 Å². The van der Waals surface area contributed by atoms with E-state index in [9.17, 15) is 9.65 Å². The van der Waals surface area contributed by atoms with Gasteiger partial charge in [0, 0.05) is 11.8 Å². The number of aromatic nitrogens is 1. The first-order chi connectivity index (χ1) is 13.1. The van der Waals surface area contributed by atoms with Crippen LogP contribution in [0.25, 0.3) is 17.2 Å². The molecule has 2 saturated carbocycles. The van der Waals surface area contributed by atoms with Crippen molar-refractivity contribution >= 4 is 6.08 Å². The molecule has 0 radical (unpaired) electrons. The molecule has 4 atom stereocenters.